The molecule has 1 aliphatic rings. The average molecular weight is 259 g/mol. The molecule has 0 aromatic heterocycles. The SMILES string of the molecule is C=Nc1ccc(F)cc1/C(=C\C)C1CCC(=O)CC1. The molecule has 0 N–H and O–H groups in total. The first-order valence-corrected chi connectivity index (χ1v) is 6.60. The van der Waals surface area contributed by atoms with Crippen molar-refractivity contribution in [2.75, 3.05) is 0 Å². The number of halogens is 1. The van der Waals surface area contributed by atoms with Gasteiger partial charge in [0, 0.05) is 18.4 Å². The molecule has 1 aromatic carbocycles. The van der Waals surface area contributed by atoms with E-state index >= 15 is 0 Å². The number of Topliss-reactive ketones (excluding diaryl/α,β-unsaturated/α-hetero) is 1. The summed E-state index contributed by atoms with van der Waals surface area (Å²) in [5, 5.41) is 0. The Labute approximate surface area is 113 Å². The summed E-state index contributed by atoms with van der Waals surface area (Å²) in [6.07, 6.45) is 4.92. The molecule has 0 heterocycles. The van der Waals surface area contributed by atoms with Crippen LogP contribution in [0.25, 0.3) is 5.57 Å². The van der Waals surface area contributed by atoms with E-state index in [1.54, 1.807) is 6.07 Å². The van der Waals surface area contributed by atoms with E-state index in [1.807, 2.05) is 13.0 Å². The van der Waals surface area contributed by atoms with Crippen LogP contribution in [0.4, 0.5) is 10.1 Å². The molecule has 0 spiro atoms. The summed E-state index contributed by atoms with van der Waals surface area (Å²) in [5.74, 6) is 0.367. The monoisotopic (exact) mass is 259 g/mol. The molecule has 0 saturated heterocycles. The van der Waals surface area contributed by atoms with E-state index in [9.17, 15) is 9.18 Å². The van der Waals surface area contributed by atoms with Gasteiger partial charge in [-0.3, -0.25) is 9.79 Å². The molecule has 1 saturated carbocycles. The van der Waals surface area contributed by atoms with Crippen LogP contribution in [0.3, 0.4) is 0 Å². The average Bonchev–Trinajstić information content (AvgIpc) is 2.42. The van der Waals surface area contributed by atoms with Crippen LogP contribution in [0.1, 0.15) is 38.2 Å². The number of rotatable bonds is 3. The topological polar surface area (TPSA) is 29.4 Å². The van der Waals surface area contributed by atoms with E-state index in [-0.39, 0.29) is 5.82 Å². The molecule has 100 valence electrons. The van der Waals surface area contributed by atoms with Crippen LogP contribution in [-0.2, 0) is 4.79 Å². The molecule has 0 bridgehead atoms. The second-order valence-corrected chi connectivity index (χ2v) is 4.88. The summed E-state index contributed by atoms with van der Waals surface area (Å²) in [5.41, 5.74) is 2.58. The summed E-state index contributed by atoms with van der Waals surface area (Å²) in [4.78, 5) is 15.3. The highest BCUT2D eigenvalue weighted by molar-refractivity contribution is 5.82. The van der Waals surface area contributed by atoms with Gasteiger partial charge < -0.3 is 0 Å². The lowest BCUT2D eigenvalue weighted by Crippen LogP contribution is -2.15. The standard InChI is InChI=1S/C16H18FNO/c1-3-14(11-4-7-13(19)8-5-11)15-10-12(17)6-9-16(15)18-2/h3,6,9-11H,2,4-5,7-8H2,1H3/b14-3-. The van der Waals surface area contributed by atoms with E-state index in [0.29, 0.717) is 30.2 Å². The van der Waals surface area contributed by atoms with Crippen LogP contribution in [0, 0.1) is 11.7 Å². The highest BCUT2D eigenvalue weighted by Crippen LogP contribution is 2.38. The zero-order valence-corrected chi connectivity index (χ0v) is 11.2. The first kappa shape index (κ1) is 13.7. The van der Waals surface area contributed by atoms with Gasteiger partial charge in [-0.05, 0) is 56.2 Å². The molecule has 1 aromatic rings. The van der Waals surface area contributed by atoms with Gasteiger partial charge in [-0.15, -0.1) is 0 Å². The van der Waals surface area contributed by atoms with Crippen LogP contribution in [0.15, 0.2) is 29.3 Å². The molecular weight excluding hydrogens is 241 g/mol. The molecule has 3 heteroatoms. The van der Waals surface area contributed by atoms with Gasteiger partial charge in [0.1, 0.15) is 11.6 Å². The first-order valence-electron chi connectivity index (χ1n) is 6.60. The van der Waals surface area contributed by atoms with Gasteiger partial charge in [-0.2, -0.15) is 0 Å². The van der Waals surface area contributed by atoms with Gasteiger partial charge in [0.25, 0.3) is 0 Å². The quantitative estimate of drug-likeness (QED) is 0.743. The molecule has 1 aliphatic carbocycles. The second kappa shape index (κ2) is 5.91. The molecule has 0 amide bonds. The molecule has 1 fully saturated rings. The number of carbonyl (C=O) groups is 1. The van der Waals surface area contributed by atoms with Crippen molar-refractivity contribution in [3.63, 3.8) is 0 Å². The van der Waals surface area contributed by atoms with Crippen molar-refractivity contribution in [2.45, 2.75) is 32.6 Å². The van der Waals surface area contributed by atoms with E-state index in [1.165, 1.54) is 12.1 Å². The minimum atomic E-state index is -0.270. The third kappa shape index (κ3) is 2.98. The molecule has 0 radical (unpaired) electrons. The zero-order valence-electron chi connectivity index (χ0n) is 11.2. The van der Waals surface area contributed by atoms with Gasteiger partial charge in [0.2, 0.25) is 0 Å². The van der Waals surface area contributed by atoms with Crippen LogP contribution < -0.4 is 0 Å². The van der Waals surface area contributed by atoms with Crippen LogP contribution in [0.2, 0.25) is 0 Å². The zero-order chi connectivity index (χ0) is 13.8. The highest BCUT2D eigenvalue weighted by Gasteiger charge is 2.23. The fourth-order valence-corrected chi connectivity index (χ4v) is 2.74. The van der Waals surface area contributed by atoms with Crippen LogP contribution >= 0.6 is 0 Å². The maximum absolute atomic E-state index is 13.5. The summed E-state index contributed by atoms with van der Waals surface area (Å²) in [7, 11) is 0. The Hall–Kier alpha value is -1.77. The fourth-order valence-electron chi connectivity index (χ4n) is 2.74. The lowest BCUT2D eigenvalue weighted by molar-refractivity contribution is -0.120. The van der Waals surface area contributed by atoms with Crippen molar-refractivity contribution in [3.05, 3.63) is 35.7 Å². The normalized spacial score (nSPS) is 17.6. The molecule has 2 nitrogen and oxygen atoms in total. The molecular formula is C16H18FNO. The first-order chi connectivity index (χ1) is 9.15. The summed E-state index contributed by atoms with van der Waals surface area (Å²) in [6.45, 7) is 5.49. The Morgan fingerprint density at radius 1 is 1.42 bits per heavy atom. The molecule has 0 atom stereocenters. The van der Waals surface area contributed by atoms with Crippen molar-refractivity contribution in [3.8, 4) is 0 Å². The van der Waals surface area contributed by atoms with E-state index in [2.05, 4.69) is 11.7 Å². The van der Waals surface area contributed by atoms with E-state index < -0.39 is 0 Å². The summed E-state index contributed by atoms with van der Waals surface area (Å²) >= 11 is 0. The van der Waals surface area contributed by atoms with Crippen molar-refractivity contribution in [2.24, 2.45) is 10.9 Å². The highest BCUT2D eigenvalue weighted by atomic mass is 19.1. The third-order valence-electron chi connectivity index (χ3n) is 3.73. The molecule has 19 heavy (non-hydrogen) atoms. The number of nitrogens with zero attached hydrogens (tertiary/aromatic N) is 1. The van der Waals surface area contributed by atoms with E-state index in [4.69, 9.17) is 0 Å². The van der Waals surface area contributed by atoms with Crippen LogP contribution in [0.5, 0.6) is 0 Å². The van der Waals surface area contributed by atoms with Crippen LogP contribution in [-0.4, -0.2) is 12.5 Å². The predicted molar refractivity (Wildman–Crippen MR) is 76.2 cm³/mol. The van der Waals surface area contributed by atoms with Crippen molar-refractivity contribution in [1.82, 2.24) is 0 Å². The number of benzene rings is 1. The Balaban J connectivity index is 2.34. The minimum Gasteiger partial charge on any atom is -0.300 e. The number of allylic oxidation sites excluding steroid dienone is 2. The fraction of sp³-hybridized carbons (Fsp3) is 0.375. The van der Waals surface area contributed by atoms with Crippen molar-refractivity contribution in [1.29, 1.82) is 0 Å². The van der Waals surface area contributed by atoms with Gasteiger partial charge in [0.05, 0.1) is 5.69 Å². The maximum Gasteiger partial charge on any atom is 0.132 e. The summed E-state index contributed by atoms with van der Waals surface area (Å²) in [6, 6.07) is 4.55. The van der Waals surface area contributed by atoms with E-state index in [0.717, 1.165) is 24.0 Å². The smallest absolute Gasteiger partial charge is 0.132 e. The minimum absolute atomic E-state index is 0.270. The largest absolute Gasteiger partial charge is 0.300 e. The maximum atomic E-state index is 13.5. The predicted octanol–water partition coefficient (Wildman–Crippen LogP) is 4.32. The number of hydrogen-bond acceptors (Lipinski definition) is 2. The van der Waals surface area contributed by atoms with Gasteiger partial charge in [-0.25, -0.2) is 4.39 Å². The Kier molecular flexibility index (Phi) is 4.25. The van der Waals surface area contributed by atoms with Crippen molar-refractivity contribution < 1.29 is 9.18 Å². The van der Waals surface area contributed by atoms with Crippen molar-refractivity contribution >= 4 is 23.8 Å². The van der Waals surface area contributed by atoms with Gasteiger partial charge >= 0.3 is 0 Å². The lowest BCUT2D eigenvalue weighted by Gasteiger charge is -2.25. The Morgan fingerprint density at radius 3 is 2.68 bits per heavy atom. The second-order valence-electron chi connectivity index (χ2n) is 4.88. The molecule has 0 unspecified atom stereocenters. The Morgan fingerprint density at radius 2 is 2.11 bits per heavy atom. The molecule has 0 aliphatic heterocycles. The van der Waals surface area contributed by atoms with Gasteiger partial charge in [-0.1, -0.05) is 6.08 Å². The number of ketones is 1. The number of hydrogen-bond donors (Lipinski definition) is 0. The molecule has 2 rings (SSSR count). The third-order valence-corrected chi connectivity index (χ3v) is 3.73. The number of carbonyl (C=O) groups excluding carboxylic acids is 1. The van der Waals surface area contributed by atoms with Gasteiger partial charge in [0.15, 0.2) is 0 Å². The lowest BCUT2D eigenvalue weighted by atomic mass is 9.80. The summed E-state index contributed by atoms with van der Waals surface area (Å²) < 4.78 is 13.5. The Bertz CT molecular complexity index is 524. The number of aliphatic imine (C=N–C) groups is 1.